The van der Waals surface area contributed by atoms with E-state index in [1.807, 2.05) is 0 Å². The Morgan fingerprint density at radius 1 is 1.03 bits per heavy atom. The molecule has 0 atom stereocenters. The van der Waals surface area contributed by atoms with Crippen molar-refractivity contribution in [1.82, 2.24) is 35.5 Å². The van der Waals surface area contributed by atoms with Crippen LogP contribution in [0.1, 0.15) is 49.0 Å². The molecule has 0 aliphatic heterocycles. The number of carbonyl (C=O) groups is 3. The molecule has 0 bridgehead atoms. The van der Waals surface area contributed by atoms with Crippen molar-refractivity contribution in [2.75, 3.05) is 22.9 Å². The number of hydrogen-bond donors (Lipinski definition) is 8. The molecule has 15 heteroatoms. The third kappa shape index (κ3) is 4.97. The second-order valence-electron chi connectivity index (χ2n) is 7.16. The zero-order valence-electron chi connectivity index (χ0n) is 18.2. The van der Waals surface area contributed by atoms with E-state index in [2.05, 4.69) is 41.4 Å². The fraction of sp³-hybridized carbons (Fsp3) is 0.278. The molecular weight excluding hydrogens is 432 g/mol. The molecule has 3 aromatic rings. The summed E-state index contributed by atoms with van der Waals surface area (Å²) in [4.78, 5) is 37.4. The molecule has 3 aromatic heterocycles. The van der Waals surface area contributed by atoms with E-state index in [0.717, 1.165) is 0 Å². The summed E-state index contributed by atoms with van der Waals surface area (Å²) in [6.07, 6.45) is 0.217. The highest BCUT2D eigenvalue weighted by Crippen LogP contribution is 2.20. The molecule has 0 aliphatic carbocycles. The van der Waals surface area contributed by atoms with Crippen LogP contribution in [0.3, 0.4) is 0 Å². The number of aromatic amines is 2. The Morgan fingerprint density at radius 3 is 2.09 bits per heavy atom. The molecule has 33 heavy (non-hydrogen) atoms. The predicted molar refractivity (Wildman–Crippen MR) is 119 cm³/mol. The van der Waals surface area contributed by atoms with Crippen molar-refractivity contribution < 1.29 is 14.4 Å². The summed E-state index contributed by atoms with van der Waals surface area (Å²) in [6, 6.07) is 1.42. The summed E-state index contributed by atoms with van der Waals surface area (Å²) in [5, 5.41) is 32.0. The molecule has 174 valence electrons. The van der Waals surface area contributed by atoms with Crippen molar-refractivity contribution in [3.8, 4) is 0 Å². The monoisotopic (exact) mass is 456 g/mol. The highest BCUT2D eigenvalue weighted by Gasteiger charge is 2.22. The Kier molecular flexibility index (Phi) is 6.41. The molecule has 3 heterocycles. The van der Waals surface area contributed by atoms with Crippen LogP contribution in [-0.2, 0) is 7.05 Å². The Morgan fingerprint density at radius 2 is 1.58 bits per heavy atom. The lowest BCUT2D eigenvalue weighted by molar-refractivity contribution is 0.0947. The normalized spacial score (nSPS) is 10.6. The van der Waals surface area contributed by atoms with E-state index in [-0.39, 0.29) is 53.3 Å². The minimum atomic E-state index is -0.566. The highest BCUT2D eigenvalue weighted by molar-refractivity contribution is 6.07. The van der Waals surface area contributed by atoms with Gasteiger partial charge in [-0.3, -0.25) is 34.7 Å². The van der Waals surface area contributed by atoms with Crippen molar-refractivity contribution in [1.29, 1.82) is 5.41 Å². The average molecular weight is 456 g/mol. The number of rotatable bonds is 8. The smallest absolute Gasteiger partial charge is 0.275 e. The lowest BCUT2D eigenvalue weighted by Gasteiger charge is -2.05. The molecule has 0 spiro atoms. The van der Waals surface area contributed by atoms with E-state index in [1.54, 1.807) is 20.9 Å². The van der Waals surface area contributed by atoms with E-state index in [9.17, 15) is 14.4 Å². The Bertz CT molecular complexity index is 1230. The molecule has 0 fully saturated rings. The average Bonchev–Trinajstić information content (AvgIpc) is 3.39. The number of anilines is 3. The second kappa shape index (κ2) is 9.21. The van der Waals surface area contributed by atoms with E-state index < -0.39 is 17.7 Å². The van der Waals surface area contributed by atoms with Gasteiger partial charge in [-0.05, 0) is 13.8 Å². The fourth-order valence-electron chi connectivity index (χ4n) is 2.92. The van der Waals surface area contributed by atoms with Crippen LogP contribution in [0.15, 0.2) is 6.07 Å². The third-order valence-corrected chi connectivity index (χ3v) is 4.75. The lowest BCUT2D eigenvalue weighted by atomic mass is 10.2. The van der Waals surface area contributed by atoms with Gasteiger partial charge in [-0.15, -0.1) is 0 Å². The minimum absolute atomic E-state index is 0.0421. The summed E-state index contributed by atoms with van der Waals surface area (Å²) >= 11 is 0. The molecule has 3 amide bonds. The largest absolute Gasteiger partial charge is 0.388 e. The number of nitrogens with zero attached hydrogens (tertiary/aromatic N) is 4. The maximum atomic E-state index is 12.7. The fourth-order valence-corrected chi connectivity index (χ4v) is 2.92. The first kappa shape index (κ1) is 23.0. The molecule has 15 nitrogen and oxygen atoms in total. The van der Waals surface area contributed by atoms with Crippen LogP contribution in [0.4, 0.5) is 17.5 Å². The molecule has 3 rings (SSSR count). The third-order valence-electron chi connectivity index (χ3n) is 4.75. The topological polar surface area (TPSA) is 238 Å². The Hall–Kier alpha value is -4.69. The van der Waals surface area contributed by atoms with Crippen molar-refractivity contribution in [3.63, 3.8) is 0 Å². The number of nitrogen functional groups attached to an aromatic ring is 1. The van der Waals surface area contributed by atoms with Crippen molar-refractivity contribution >= 4 is 41.0 Å². The van der Waals surface area contributed by atoms with E-state index in [1.165, 1.54) is 10.7 Å². The van der Waals surface area contributed by atoms with Gasteiger partial charge in [0.2, 0.25) is 0 Å². The second-order valence-corrected chi connectivity index (χ2v) is 7.16. The van der Waals surface area contributed by atoms with Crippen molar-refractivity contribution in [3.05, 3.63) is 34.3 Å². The first-order valence-corrected chi connectivity index (χ1v) is 9.71. The zero-order chi connectivity index (χ0) is 24.3. The van der Waals surface area contributed by atoms with Gasteiger partial charge in [-0.1, -0.05) is 0 Å². The van der Waals surface area contributed by atoms with Crippen LogP contribution in [0.2, 0.25) is 0 Å². The van der Waals surface area contributed by atoms with Crippen LogP contribution in [0, 0.1) is 19.3 Å². The van der Waals surface area contributed by atoms with Crippen LogP contribution in [-0.4, -0.2) is 60.3 Å². The number of H-pyrrole nitrogens is 2. The van der Waals surface area contributed by atoms with Gasteiger partial charge in [0.15, 0.2) is 11.6 Å². The SMILES string of the molecule is Cc1c(NC(=O)c2[nH]nc(NC(=O)c3cc(N)nn3C)c2C)n[nH]c1C(=O)NCCC(=N)N. The number of amidine groups is 1. The van der Waals surface area contributed by atoms with Gasteiger partial charge >= 0.3 is 0 Å². The van der Waals surface area contributed by atoms with E-state index in [0.29, 0.717) is 11.1 Å². The summed E-state index contributed by atoms with van der Waals surface area (Å²) < 4.78 is 1.33. The first-order valence-electron chi connectivity index (χ1n) is 9.71. The number of hydrogen-bond acceptors (Lipinski definition) is 8. The molecule has 10 N–H and O–H groups in total. The number of aryl methyl sites for hydroxylation is 1. The summed E-state index contributed by atoms with van der Waals surface area (Å²) in [5.74, 6) is -1.03. The number of nitrogens with one attached hydrogen (secondary N) is 6. The van der Waals surface area contributed by atoms with E-state index >= 15 is 0 Å². The first-order chi connectivity index (χ1) is 15.6. The quantitative estimate of drug-likeness (QED) is 0.164. The van der Waals surface area contributed by atoms with Crippen LogP contribution < -0.4 is 27.4 Å². The Labute approximate surface area is 187 Å². The molecule has 0 unspecified atom stereocenters. The van der Waals surface area contributed by atoms with Gasteiger partial charge in [-0.2, -0.15) is 15.3 Å². The van der Waals surface area contributed by atoms with Gasteiger partial charge in [0, 0.05) is 37.2 Å². The van der Waals surface area contributed by atoms with Gasteiger partial charge < -0.3 is 27.4 Å². The molecule has 0 saturated heterocycles. The van der Waals surface area contributed by atoms with Gasteiger partial charge in [0.05, 0.1) is 5.84 Å². The van der Waals surface area contributed by atoms with Gasteiger partial charge in [-0.25, -0.2) is 0 Å². The summed E-state index contributed by atoms with van der Waals surface area (Å²) in [5.41, 5.74) is 12.2. The van der Waals surface area contributed by atoms with Crippen molar-refractivity contribution in [2.45, 2.75) is 20.3 Å². The molecule has 0 saturated carbocycles. The van der Waals surface area contributed by atoms with Crippen LogP contribution >= 0.6 is 0 Å². The van der Waals surface area contributed by atoms with Gasteiger partial charge in [0.25, 0.3) is 17.7 Å². The predicted octanol–water partition coefficient (Wildman–Crippen LogP) is -0.374. The number of carbonyl (C=O) groups excluding carboxylic acids is 3. The van der Waals surface area contributed by atoms with Gasteiger partial charge in [0.1, 0.15) is 22.9 Å². The lowest BCUT2D eigenvalue weighted by Crippen LogP contribution is -2.28. The summed E-state index contributed by atoms with van der Waals surface area (Å²) in [6.45, 7) is 3.42. The standard InChI is InChI=1S/C18H24N12O3/c1-7-12(17(32)22-5-4-10(19)20)25-28-15(7)24-18(33)13-8(2)14(27-26-13)23-16(31)9-6-11(21)29-30(9)3/h6H,4-5H2,1-3H3,(H3,19,20)(H2,21,29)(H,22,32)(H2,23,26,27,31)(H2,24,25,28,33). The number of aromatic nitrogens is 6. The van der Waals surface area contributed by atoms with Crippen LogP contribution in [0.5, 0.6) is 0 Å². The molecule has 0 radical (unpaired) electrons. The zero-order valence-corrected chi connectivity index (χ0v) is 18.2. The summed E-state index contributed by atoms with van der Waals surface area (Å²) in [7, 11) is 1.58. The minimum Gasteiger partial charge on any atom is -0.388 e. The van der Waals surface area contributed by atoms with E-state index in [4.69, 9.17) is 16.9 Å². The highest BCUT2D eigenvalue weighted by atomic mass is 16.2. The maximum absolute atomic E-state index is 12.7. The number of amides is 3. The molecule has 0 aromatic carbocycles. The molecular formula is C18H24N12O3. The Balaban J connectivity index is 1.68. The number of nitrogens with two attached hydrogens (primary N) is 2. The van der Waals surface area contributed by atoms with Crippen LogP contribution in [0.25, 0.3) is 0 Å². The van der Waals surface area contributed by atoms with Crippen molar-refractivity contribution in [2.24, 2.45) is 12.8 Å². The molecule has 0 aliphatic rings. The maximum Gasteiger partial charge on any atom is 0.275 e.